The number of rotatable bonds is 5. The Morgan fingerprint density at radius 1 is 0.952 bits per heavy atom. The second-order valence-corrected chi connectivity index (χ2v) is 11.7. The van der Waals surface area contributed by atoms with Crippen molar-refractivity contribution in [2.75, 3.05) is 63.1 Å². The molecule has 11 heteroatoms. The summed E-state index contributed by atoms with van der Waals surface area (Å²) in [6.45, 7) is 12.4. The second-order valence-electron chi connectivity index (χ2n) is 11.7. The molecule has 11 nitrogen and oxygen atoms in total. The van der Waals surface area contributed by atoms with E-state index in [4.69, 9.17) is 25.2 Å². The number of anilines is 2. The Bertz CT molecular complexity index is 1550. The molecule has 5 heterocycles. The lowest BCUT2D eigenvalue weighted by Crippen LogP contribution is -2.49. The highest BCUT2D eigenvalue weighted by molar-refractivity contribution is 5.84. The van der Waals surface area contributed by atoms with Crippen LogP contribution in [0, 0.1) is 0 Å². The first kappa shape index (κ1) is 27.9. The molecule has 0 saturated carbocycles. The monoisotopic (exact) mass is 570 g/mol. The maximum atomic E-state index is 12.4. The Morgan fingerprint density at radius 2 is 1.69 bits per heavy atom. The Labute approximate surface area is 245 Å². The summed E-state index contributed by atoms with van der Waals surface area (Å²) in [5.74, 6) is 2.03. The normalized spacial score (nSPS) is 16.6. The Kier molecular flexibility index (Phi) is 7.70. The first-order valence-electron chi connectivity index (χ1n) is 14.5. The van der Waals surface area contributed by atoms with Crippen LogP contribution in [0.15, 0.2) is 54.7 Å². The van der Waals surface area contributed by atoms with Gasteiger partial charge in [0.2, 0.25) is 0 Å². The highest BCUT2D eigenvalue weighted by atomic mass is 16.6. The zero-order valence-electron chi connectivity index (χ0n) is 24.5. The van der Waals surface area contributed by atoms with Gasteiger partial charge in [-0.25, -0.2) is 19.7 Å². The molecule has 0 unspecified atom stereocenters. The lowest BCUT2D eigenvalue weighted by molar-refractivity contribution is 0.0139. The van der Waals surface area contributed by atoms with Crippen LogP contribution >= 0.6 is 0 Å². The van der Waals surface area contributed by atoms with Gasteiger partial charge >= 0.3 is 6.09 Å². The van der Waals surface area contributed by atoms with Gasteiger partial charge in [-0.05, 0) is 62.7 Å². The number of ether oxygens (including phenoxy) is 2. The van der Waals surface area contributed by atoms with Crippen LogP contribution < -0.4 is 10.6 Å². The van der Waals surface area contributed by atoms with Gasteiger partial charge in [-0.15, -0.1) is 0 Å². The number of nitrogen functional groups attached to an aromatic ring is 1. The molecule has 0 aliphatic carbocycles. The SMILES string of the molecule is CC(C)(C)OC(=O)N1CCN(Cc2ccc(-n3c(-c4cccnc4N)nc4ccc(N5CCOCC5)nc43)cc2)CC1. The van der Waals surface area contributed by atoms with Crippen molar-refractivity contribution in [1.82, 2.24) is 29.3 Å². The Morgan fingerprint density at radius 3 is 2.38 bits per heavy atom. The van der Waals surface area contributed by atoms with Gasteiger partial charge in [-0.3, -0.25) is 9.47 Å². The predicted octanol–water partition coefficient (Wildman–Crippen LogP) is 3.95. The first-order chi connectivity index (χ1) is 20.2. The number of carbonyl (C=O) groups is 1. The fraction of sp³-hybridized carbons (Fsp3) is 0.419. The number of carbonyl (C=O) groups excluding carboxylic acids is 1. The Balaban J connectivity index is 1.25. The van der Waals surface area contributed by atoms with Gasteiger partial charge in [0.25, 0.3) is 0 Å². The second kappa shape index (κ2) is 11.6. The average molecular weight is 571 g/mol. The van der Waals surface area contributed by atoms with E-state index in [2.05, 4.69) is 43.6 Å². The summed E-state index contributed by atoms with van der Waals surface area (Å²) in [7, 11) is 0. The van der Waals surface area contributed by atoms with Crippen molar-refractivity contribution in [3.05, 3.63) is 60.3 Å². The maximum Gasteiger partial charge on any atom is 0.410 e. The van der Waals surface area contributed by atoms with Crippen molar-refractivity contribution in [2.24, 2.45) is 0 Å². The number of nitrogens with zero attached hydrogens (tertiary/aromatic N) is 7. The summed E-state index contributed by atoms with van der Waals surface area (Å²) in [4.78, 5) is 33.2. The van der Waals surface area contributed by atoms with Gasteiger partial charge in [0.05, 0.1) is 18.8 Å². The molecule has 3 aromatic heterocycles. The van der Waals surface area contributed by atoms with Crippen LogP contribution in [0.2, 0.25) is 0 Å². The average Bonchev–Trinajstić information content (AvgIpc) is 3.36. The molecule has 2 fully saturated rings. The molecule has 2 aliphatic rings. The molecule has 0 bridgehead atoms. The van der Waals surface area contributed by atoms with E-state index in [1.165, 1.54) is 5.56 Å². The van der Waals surface area contributed by atoms with Gasteiger partial charge in [0.1, 0.15) is 22.8 Å². The molecule has 6 rings (SSSR count). The van der Waals surface area contributed by atoms with Crippen LogP contribution in [0.1, 0.15) is 26.3 Å². The molecule has 42 heavy (non-hydrogen) atoms. The number of hydrogen-bond acceptors (Lipinski definition) is 9. The van der Waals surface area contributed by atoms with Crippen LogP contribution in [0.3, 0.4) is 0 Å². The highest BCUT2D eigenvalue weighted by Crippen LogP contribution is 2.31. The van der Waals surface area contributed by atoms with Crippen molar-refractivity contribution in [3.8, 4) is 17.1 Å². The minimum Gasteiger partial charge on any atom is -0.444 e. The number of aromatic nitrogens is 4. The molecule has 2 saturated heterocycles. The molecule has 1 aromatic carbocycles. The molecule has 2 aliphatic heterocycles. The van der Waals surface area contributed by atoms with Crippen LogP contribution in [0.25, 0.3) is 28.2 Å². The summed E-state index contributed by atoms with van der Waals surface area (Å²) < 4.78 is 13.1. The van der Waals surface area contributed by atoms with Crippen molar-refractivity contribution >= 4 is 28.9 Å². The topological polar surface area (TPSA) is 115 Å². The first-order valence-corrected chi connectivity index (χ1v) is 14.5. The van der Waals surface area contributed by atoms with E-state index in [1.54, 1.807) is 11.1 Å². The van der Waals surface area contributed by atoms with Gasteiger partial charge in [-0.2, -0.15) is 0 Å². The van der Waals surface area contributed by atoms with Gasteiger partial charge < -0.3 is 25.0 Å². The van der Waals surface area contributed by atoms with Crippen molar-refractivity contribution in [1.29, 1.82) is 0 Å². The predicted molar refractivity (Wildman–Crippen MR) is 163 cm³/mol. The molecule has 4 aromatic rings. The van der Waals surface area contributed by atoms with Crippen molar-refractivity contribution in [3.63, 3.8) is 0 Å². The number of imidazole rings is 1. The lowest BCUT2D eigenvalue weighted by Gasteiger charge is -2.35. The van der Waals surface area contributed by atoms with Crippen LogP contribution in [-0.2, 0) is 16.0 Å². The molecular weight excluding hydrogens is 532 g/mol. The Hall–Kier alpha value is -4.22. The van der Waals surface area contributed by atoms with E-state index < -0.39 is 5.60 Å². The van der Waals surface area contributed by atoms with E-state index in [9.17, 15) is 4.79 Å². The lowest BCUT2D eigenvalue weighted by atomic mass is 10.1. The zero-order chi connectivity index (χ0) is 29.3. The molecule has 0 spiro atoms. The number of pyridine rings is 2. The third-order valence-corrected chi connectivity index (χ3v) is 7.53. The molecule has 1 amide bonds. The zero-order valence-corrected chi connectivity index (χ0v) is 24.5. The van der Waals surface area contributed by atoms with E-state index in [1.807, 2.05) is 45.0 Å². The number of nitrogens with two attached hydrogens (primary N) is 1. The van der Waals surface area contributed by atoms with E-state index >= 15 is 0 Å². The summed E-state index contributed by atoms with van der Waals surface area (Å²) in [5.41, 5.74) is 10.3. The molecular formula is C31H38N8O3. The number of piperazine rings is 1. The largest absolute Gasteiger partial charge is 0.444 e. The molecule has 0 radical (unpaired) electrons. The standard InChI is InChI=1S/C31H38N8O3/c1-31(2,3)42-30(40)38-15-13-36(14-16-38)21-22-6-8-23(9-7-22)39-28(24-5-4-12-33-27(24)32)34-25-10-11-26(35-29(25)39)37-17-19-41-20-18-37/h4-12H,13-21H2,1-3H3,(H2,32,33). The third kappa shape index (κ3) is 6.02. The summed E-state index contributed by atoms with van der Waals surface area (Å²) in [6, 6.07) is 16.3. The molecule has 220 valence electrons. The van der Waals surface area contributed by atoms with E-state index in [0.717, 1.165) is 61.0 Å². The number of amides is 1. The van der Waals surface area contributed by atoms with Gasteiger partial charge in [-0.1, -0.05) is 12.1 Å². The summed E-state index contributed by atoms with van der Waals surface area (Å²) in [5, 5.41) is 0. The number of benzene rings is 1. The molecule has 0 atom stereocenters. The summed E-state index contributed by atoms with van der Waals surface area (Å²) in [6.07, 6.45) is 1.44. The fourth-order valence-corrected chi connectivity index (χ4v) is 5.37. The van der Waals surface area contributed by atoms with Crippen LogP contribution in [0.4, 0.5) is 16.4 Å². The van der Waals surface area contributed by atoms with Crippen molar-refractivity contribution in [2.45, 2.75) is 32.9 Å². The van der Waals surface area contributed by atoms with Gasteiger partial charge in [0, 0.05) is 57.7 Å². The van der Waals surface area contributed by atoms with Crippen molar-refractivity contribution < 1.29 is 14.3 Å². The van der Waals surface area contributed by atoms with Crippen LogP contribution in [0.5, 0.6) is 0 Å². The summed E-state index contributed by atoms with van der Waals surface area (Å²) >= 11 is 0. The minimum atomic E-state index is -0.487. The van der Waals surface area contributed by atoms with Gasteiger partial charge in [0.15, 0.2) is 11.5 Å². The number of hydrogen-bond donors (Lipinski definition) is 1. The quantitative estimate of drug-likeness (QED) is 0.381. The van der Waals surface area contributed by atoms with E-state index in [0.29, 0.717) is 37.9 Å². The number of fused-ring (bicyclic) bond motifs is 1. The van der Waals surface area contributed by atoms with Crippen LogP contribution in [-0.4, -0.2) is 93.5 Å². The maximum absolute atomic E-state index is 12.4. The smallest absolute Gasteiger partial charge is 0.410 e. The van der Waals surface area contributed by atoms with E-state index in [-0.39, 0.29) is 6.09 Å². The number of morpholine rings is 1. The fourth-order valence-electron chi connectivity index (χ4n) is 5.37. The minimum absolute atomic E-state index is 0.241. The molecule has 2 N–H and O–H groups in total. The third-order valence-electron chi connectivity index (χ3n) is 7.53. The highest BCUT2D eigenvalue weighted by Gasteiger charge is 2.26.